The van der Waals surface area contributed by atoms with Gasteiger partial charge in [0.2, 0.25) is 0 Å². The van der Waals surface area contributed by atoms with Gasteiger partial charge in [-0.2, -0.15) is 0 Å². The van der Waals surface area contributed by atoms with Crippen molar-refractivity contribution in [2.45, 2.75) is 38.7 Å². The lowest BCUT2D eigenvalue weighted by atomic mass is 9.93. The number of ether oxygens (including phenoxy) is 3. The average molecular weight is 407 g/mol. The first-order valence-corrected chi connectivity index (χ1v) is 10.7. The molecule has 2 aliphatic rings. The second-order valence-corrected chi connectivity index (χ2v) is 8.02. The summed E-state index contributed by atoms with van der Waals surface area (Å²) >= 11 is 0. The molecule has 0 bridgehead atoms. The van der Waals surface area contributed by atoms with E-state index in [1.165, 1.54) is 0 Å². The number of carbonyl (C=O) groups is 1. The lowest BCUT2D eigenvalue weighted by Gasteiger charge is -2.36. The van der Waals surface area contributed by atoms with Crippen molar-refractivity contribution >= 4 is 5.91 Å². The zero-order valence-corrected chi connectivity index (χ0v) is 17.6. The summed E-state index contributed by atoms with van der Waals surface area (Å²) in [5.74, 6) is 1.05. The number of amides is 1. The summed E-state index contributed by atoms with van der Waals surface area (Å²) in [6.07, 6.45) is 3.35. The second-order valence-electron chi connectivity index (χ2n) is 8.02. The largest absolute Gasteiger partial charge is 0.490 e. The lowest BCUT2D eigenvalue weighted by molar-refractivity contribution is 0.0209. The topological polar surface area (TPSA) is 80.3 Å². The van der Waals surface area contributed by atoms with Gasteiger partial charge in [0.05, 0.1) is 24.9 Å². The molecule has 2 heterocycles. The van der Waals surface area contributed by atoms with E-state index in [0.717, 1.165) is 50.9 Å². The van der Waals surface area contributed by atoms with Crippen LogP contribution in [0.15, 0.2) is 12.1 Å². The Hall–Kier alpha value is -1.83. The van der Waals surface area contributed by atoms with Gasteiger partial charge in [-0.05, 0) is 57.0 Å². The fourth-order valence-corrected chi connectivity index (χ4v) is 3.97. The summed E-state index contributed by atoms with van der Waals surface area (Å²) in [5, 5.41) is 13.5. The Labute approximate surface area is 173 Å². The normalized spacial score (nSPS) is 22.2. The highest BCUT2D eigenvalue weighted by atomic mass is 16.5. The van der Waals surface area contributed by atoms with Crippen LogP contribution in [0.5, 0.6) is 11.5 Å². The SMILES string of the molecule is COCCCCN1CC[C@@H](CNC(=O)c2cc(C)cc3c2OCCCO3)[C@H](O)C1. The molecule has 1 aromatic carbocycles. The van der Waals surface area contributed by atoms with Gasteiger partial charge in [-0.25, -0.2) is 0 Å². The molecule has 0 aromatic heterocycles. The number of aliphatic hydroxyl groups excluding tert-OH is 1. The van der Waals surface area contributed by atoms with Crippen LogP contribution in [-0.2, 0) is 4.74 Å². The van der Waals surface area contributed by atoms with Crippen molar-refractivity contribution in [3.63, 3.8) is 0 Å². The van der Waals surface area contributed by atoms with Gasteiger partial charge in [0.15, 0.2) is 11.5 Å². The summed E-state index contributed by atoms with van der Waals surface area (Å²) in [6.45, 7) is 6.89. The van der Waals surface area contributed by atoms with E-state index in [1.807, 2.05) is 19.1 Å². The van der Waals surface area contributed by atoms with Gasteiger partial charge in [-0.3, -0.25) is 4.79 Å². The minimum absolute atomic E-state index is 0.0646. The quantitative estimate of drug-likeness (QED) is 0.643. The molecule has 0 aliphatic carbocycles. The molecule has 162 valence electrons. The van der Waals surface area contributed by atoms with Crippen LogP contribution < -0.4 is 14.8 Å². The number of β-amino-alcohol motifs (C(OH)–C–C–N with tert-alkyl or cyclic N) is 1. The van der Waals surface area contributed by atoms with Gasteiger partial charge in [-0.1, -0.05) is 0 Å². The maximum Gasteiger partial charge on any atom is 0.255 e. The zero-order chi connectivity index (χ0) is 20.6. The third kappa shape index (κ3) is 6.07. The molecule has 7 nitrogen and oxygen atoms in total. The number of piperidine rings is 1. The van der Waals surface area contributed by atoms with Crippen molar-refractivity contribution < 1.29 is 24.1 Å². The van der Waals surface area contributed by atoms with E-state index in [-0.39, 0.29) is 11.8 Å². The van der Waals surface area contributed by atoms with Gasteiger partial charge in [0, 0.05) is 39.1 Å². The number of benzene rings is 1. The third-order valence-electron chi connectivity index (χ3n) is 5.64. The molecule has 29 heavy (non-hydrogen) atoms. The van der Waals surface area contributed by atoms with Crippen LogP contribution in [0.3, 0.4) is 0 Å². The monoisotopic (exact) mass is 406 g/mol. The van der Waals surface area contributed by atoms with Gasteiger partial charge in [0.1, 0.15) is 0 Å². The van der Waals surface area contributed by atoms with Crippen molar-refractivity contribution in [3.05, 3.63) is 23.3 Å². The Morgan fingerprint density at radius 3 is 2.93 bits per heavy atom. The predicted molar refractivity (Wildman–Crippen MR) is 111 cm³/mol. The summed E-state index contributed by atoms with van der Waals surface area (Å²) in [6, 6.07) is 3.74. The molecule has 1 saturated heterocycles. The highest BCUT2D eigenvalue weighted by Gasteiger charge is 2.28. The Kier molecular flexibility index (Phi) is 8.15. The molecule has 0 spiro atoms. The van der Waals surface area contributed by atoms with Crippen molar-refractivity contribution in [2.75, 3.05) is 53.1 Å². The first kappa shape index (κ1) is 21.9. The van der Waals surface area contributed by atoms with Crippen LogP contribution in [0.25, 0.3) is 0 Å². The highest BCUT2D eigenvalue weighted by molar-refractivity contribution is 5.98. The maximum atomic E-state index is 12.8. The smallest absolute Gasteiger partial charge is 0.255 e. The highest BCUT2D eigenvalue weighted by Crippen LogP contribution is 2.34. The molecule has 3 rings (SSSR count). The number of hydrogen-bond donors (Lipinski definition) is 2. The van der Waals surface area contributed by atoms with E-state index < -0.39 is 6.10 Å². The number of aryl methyl sites for hydroxylation is 1. The number of nitrogens with one attached hydrogen (secondary N) is 1. The molecule has 0 unspecified atom stereocenters. The molecule has 1 fully saturated rings. The fourth-order valence-electron chi connectivity index (χ4n) is 3.97. The number of rotatable bonds is 8. The first-order chi connectivity index (χ1) is 14.1. The Bertz CT molecular complexity index is 681. The number of nitrogens with zero attached hydrogens (tertiary/aromatic N) is 1. The predicted octanol–water partition coefficient (Wildman–Crippen LogP) is 2.00. The summed E-state index contributed by atoms with van der Waals surface area (Å²) in [5.41, 5.74) is 1.47. The van der Waals surface area contributed by atoms with Crippen LogP contribution in [0.1, 0.15) is 41.6 Å². The number of aliphatic hydroxyl groups is 1. The van der Waals surface area contributed by atoms with E-state index >= 15 is 0 Å². The van der Waals surface area contributed by atoms with Gasteiger partial charge >= 0.3 is 0 Å². The van der Waals surface area contributed by atoms with Gasteiger partial charge in [0.25, 0.3) is 5.91 Å². The van der Waals surface area contributed by atoms with Crippen molar-refractivity contribution in [1.82, 2.24) is 10.2 Å². The standard InChI is InChI=1S/C22H34N2O5/c1-16-12-18(21-20(13-16)28-10-5-11-29-21)22(26)23-14-17-6-8-24(15-19(17)25)7-3-4-9-27-2/h12-13,17,19,25H,3-11,14-15H2,1-2H3,(H,23,26)/t17-,19+/m0/s1. The van der Waals surface area contributed by atoms with Crippen molar-refractivity contribution in [3.8, 4) is 11.5 Å². The van der Waals surface area contributed by atoms with Gasteiger partial charge in [-0.15, -0.1) is 0 Å². The first-order valence-electron chi connectivity index (χ1n) is 10.7. The van der Waals surface area contributed by atoms with Crippen molar-refractivity contribution in [2.24, 2.45) is 5.92 Å². The number of likely N-dealkylation sites (tertiary alicyclic amines) is 1. The molecular weight excluding hydrogens is 372 g/mol. The van der Waals surface area contributed by atoms with E-state index in [2.05, 4.69) is 10.2 Å². The summed E-state index contributed by atoms with van der Waals surface area (Å²) in [4.78, 5) is 15.1. The molecule has 7 heteroatoms. The van der Waals surface area contributed by atoms with Crippen molar-refractivity contribution in [1.29, 1.82) is 0 Å². The Morgan fingerprint density at radius 2 is 2.14 bits per heavy atom. The van der Waals surface area contributed by atoms with E-state index in [4.69, 9.17) is 14.2 Å². The lowest BCUT2D eigenvalue weighted by Crippen LogP contribution is -2.47. The maximum absolute atomic E-state index is 12.8. The number of hydrogen-bond acceptors (Lipinski definition) is 6. The summed E-state index contributed by atoms with van der Waals surface area (Å²) < 4.78 is 16.6. The Morgan fingerprint density at radius 1 is 1.31 bits per heavy atom. The van der Waals surface area contributed by atoms with E-state index in [1.54, 1.807) is 7.11 Å². The second kappa shape index (κ2) is 10.8. The molecular formula is C22H34N2O5. The third-order valence-corrected chi connectivity index (χ3v) is 5.64. The Balaban J connectivity index is 1.52. The molecule has 0 saturated carbocycles. The number of methoxy groups -OCH3 is 1. The molecule has 2 aliphatic heterocycles. The van der Waals surface area contributed by atoms with Crippen LogP contribution in [0.4, 0.5) is 0 Å². The van der Waals surface area contributed by atoms with Crippen LogP contribution in [0, 0.1) is 12.8 Å². The molecule has 1 aromatic rings. The number of fused-ring (bicyclic) bond motifs is 1. The van der Waals surface area contributed by atoms with Crippen LogP contribution in [0.2, 0.25) is 0 Å². The average Bonchev–Trinajstić information content (AvgIpc) is 2.95. The zero-order valence-electron chi connectivity index (χ0n) is 17.6. The molecule has 0 radical (unpaired) electrons. The van der Waals surface area contributed by atoms with Gasteiger partial charge < -0.3 is 29.5 Å². The van der Waals surface area contributed by atoms with E-state index in [9.17, 15) is 9.90 Å². The van der Waals surface area contributed by atoms with E-state index in [0.29, 0.717) is 43.4 Å². The van der Waals surface area contributed by atoms with Crippen LogP contribution >= 0.6 is 0 Å². The molecule has 2 atom stereocenters. The summed E-state index contributed by atoms with van der Waals surface area (Å²) in [7, 11) is 1.72. The minimum Gasteiger partial charge on any atom is -0.490 e. The minimum atomic E-state index is -0.430. The molecule has 2 N–H and O–H groups in total. The fraction of sp³-hybridized carbons (Fsp3) is 0.682. The van der Waals surface area contributed by atoms with Crippen LogP contribution in [-0.4, -0.2) is 75.1 Å². The molecule has 1 amide bonds. The number of unbranched alkanes of at least 4 members (excludes halogenated alkanes) is 1. The number of carbonyl (C=O) groups excluding carboxylic acids is 1.